The number of halogens is 1. The zero-order chi connectivity index (χ0) is 18.9. The summed E-state index contributed by atoms with van der Waals surface area (Å²) in [6.07, 6.45) is 3.74. The number of amides is 1. The molecule has 3 rings (SSSR count). The number of aromatic nitrogens is 2. The van der Waals surface area contributed by atoms with Crippen molar-refractivity contribution in [1.29, 1.82) is 0 Å². The Hall–Kier alpha value is -2.17. The number of carbonyl (C=O) groups is 1. The van der Waals surface area contributed by atoms with Crippen LogP contribution >= 0.6 is 12.4 Å². The van der Waals surface area contributed by atoms with Crippen molar-refractivity contribution >= 4 is 39.8 Å². The van der Waals surface area contributed by atoms with Gasteiger partial charge >= 0.3 is 0 Å². The van der Waals surface area contributed by atoms with Gasteiger partial charge in [-0.15, -0.1) is 12.4 Å². The second kappa shape index (κ2) is 7.83. The number of nitrogens with two attached hydrogens (primary N) is 1. The highest BCUT2D eigenvalue weighted by Gasteiger charge is 2.45. The molecule has 1 amide bonds. The smallest absolute Gasteiger partial charge is 0.246 e. The molecule has 11 heteroatoms. The van der Waals surface area contributed by atoms with Gasteiger partial charge in [-0.3, -0.25) is 4.79 Å². The molecule has 0 bridgehead atoms. The van der Waals surface area contributed by atoms with Crippen LogP contribution in [-0.2, 0) is 14.8 Å². The van der Waals surface area contributed by atoms with E-state index in [1.807, 2.05) is 0 Å². The Morgan fingerprint density at radius 3 is 2.44 bits per heavy atom. The molecule has 2 heterocycles. The third kappa shape index (κ3) is 4.23. The van der Waals surface area contributed by atoms with Gasteiger partial charge in [0.1, 0.15) is 21.9 Å². The van der Waals surface area contributed by atoms with Crippen molar-refractivity contribution in [2.45, 2.75) is 50.0 Å². The van der Waals surface area contributed by atoms with Crippen LogP contribution in [0.5, 0.6) is 0 Å². The molecule has 27 heavy (non-hydrogen) atoms. The molecule has 9 nitrogen and oxygen atoms in total. The number of hydrogen-bond acceptors (Lipinski definition) is 7. The first-order chi connectivity index (χ1) is 12.2. The molecular formula is C16H22ClN5O4S. The van der Waals surface area contributed by atoms with E-state index in [0.29, 0.717) is 24.3 Å². The van der Waals surface area contributed by atoms with Gasteiger partial charge in [-0.1, -0.05) is 18.0 Å². The van der Waals surface area contributed by atoms with E-state index in [4.69, 9.17) is 10.3 Å². The number of pyridine rings is 1. The number of nitrogens with one attached hydrogen (secondary N) is 2. The van der Waals surface area contributed by atoms with Crippen LogP contribution in [0.2, 0.25) is 0 Å². The van der Waals surface area contributed by atoms with Gasteiger partial charge in [-0.05, 0) is 38.8 Å². The average Bonchev–Trinajstić information content (AvgIpc) is 3.17. The van der Waals surface area contributed by atoms with Gasteiger partial charge in [-0.25, -0.2) is 13.4 Å². The molecule has 0 aliphatic heterocycles. The summed E-state index contributed by atoms with van der Waals surface area (Å²) < 4.78 is 33.3. The van der Waals surface area contributed by atoms with Crippen molar-refractivity contribution in [3.05, 3.63) is 29.8 Å². The van der Waals surface area contributed by atoms with E-state index in [9.17, 15) is 13.2 Å². The maximum absolute atomic E-state index is 12.9. The van der Waals surface area contributed by atoms with E-state index in [2.05, 4.69) is 20.2 Å². The topological polar surface area (TPSA) is 140 Å². The Labute approximate surface area is 163 Å². The molecule has 1 saturated carbocycles. The Morgan fingerprint density at radius 2 is 1.93 bits per heavy atom. The third-order valence-electron chi connectivity index (χ3n) is 4.50. The van der Waals surface area contributed by atoms with E-state index in [1.54, 1.807) is 19.1 Å². The van der Waals surface area contributed by atoms with Crippen molar-refractivity contribution in [3.63, 3.8) is 0 Å². The molecule has 0 spiro atoms. The summed E-state index contributed by atoms with van der Waals surface area (Å²) in [5, 5.41) is 6.41. The lowest BCUT2D eigenvalue weighted by Crippen LogP contribution is -2.55. The molecule has 1 aliphatic rings. The Bertz CT molecular complexity index is 901. The van der Waals surface area contributed by atoms with Gasteiger partial charge < -0.3 is 15.6 Å². The minimum atomic E-state index is -3.97. The lowest BCUT2D eigenvalue weighted by atomic mass is 9.98. The van der Waals surface area contributed by atoms with E-state index in [1.165, 1.54) is 13.1 Å². The highest BCUT2D eigenvalue weighted by Crippen LogP contribution is 2.33. The zero-order valence-corrected chi connectivity index (χ0v) is 16.6. The molecule has 4 N–H and O–H groups in total. The molecule has 2 aromatic rings. The van der Waals surface area contributed by atoms with Gasteiger partial charge in [0, 0.05) is 0 Å². The number of nitrogen functional groups attached to an aromatic ring is 1. The molecule has 0 saturated heterocycles. The Balaban J connectivity index is 0.00000261. The van der Waals surface area contributed by atoms with E-state index < -0.39 is 21.5 Å². The summed E-state index contributed by atoms with van der Waals surface area (Å²) in [5.41, 5.74) is 5.02. The predicted molar refractivity (Wildman–Crippen MR) is 102 cm³/mol. The van der Waals surface area contributed by atoms with Crippen LogP contribution in [0.15, 0.2) is 27.7 Å². The molecule has 1 aliphatic carbocycles. The summed E-state index contributed by atoms with van der Waals surface area (Å²) >= 11 is 0. The van der Waals surface area contributed by atoms with Gasteiger partial charge in [0.15, 0.2) is 5.76 Å². The van der Waals surface area contributed by atoms with E-state index in [-0.39, 0.29) is 28.8 Å². The lowest BCUT2D eigenvalue weighted by Gasteiger charge is -2.28. The molecule has 0 unspecified atom stereocenters. The Kier molecular flexibility index (Phi) is 6.13. The summed E-state index contributed by atoms with van der Waals surface area (Å²) in [6, 6.07) is 3.18. The standard InChI is InChI=1S/C16H21N5O4S.ClH/c1-10-14(11(2)25-20-10)26(23,24)21-16(7-3-4-8-16)15(22)19-12-5-6-13(17)18-9-12;/h5-6,9,21H,3-4,7-8H2,1-2H3,(H2,17,18)(H,19,22);1H. The fourth-order valence-electron chi connectivity index (χ4n) is 3.25. The van der Waals surface area contributed by atoms with Gasteiger partial charge in [0.05, 0.1) is 11.9 Å². The number of aryl methyl sites for hydroxylation is 2. The van der Waals surface area contributed by atoms with Gasteiger partial charge in [-0.2, -0.15) is 4.72 Å². The highest BCUT2D eigenvalue weighted by molar-refractivity contribution is 7.89. The zero-order valence-electron chi connectivity index (χ0n) is 15.0. The number of rotatable bonds is 5. The number of nitrogens with zero attached hydrogens (tertiary/aromatic N) is 2. The van der Waals surface area contributed by atoms with Crippen LogP contribution in [0, 0.1) is 13.8 Å². The molecule has 148 valence electrons. The first-order valence-electron chi connectivity index (χ1n) is 8.23. The summed E-state index contributed by atoms with van der Waals surface area (Å²) in [5.74, 6) is 0.0980. The fourth-order valence-corrected chi connectivity index (χ4v) is 5.01. The molecule has 0 atom stereocenters. The first kappa shape index (κ1) is 21.1. The van der Waals surface area contributed by atoms with E-state index >= 15 is 0 Å². The van der Waals surface area contributed by atoms with Crippen LogP contribution < -0.4 is 15.8 Å². The van der Waals surface area contributed by atoms with Crippen molar-refractivity contribution in [1.82, 2.24) is 14.9 Å². The van der Waals surface area contributed by atoms with Crippen LogP contribution in [0.3, 0.4) is 0 Å². The van der Waals surface area contributed by atoms with Crippen LogP contribution in [0.1, 0.15) is 37.1 Å². The quantitative estimate of drug-likeness (QED) is 0.677. The van der Waals surface area contributed by atoms with Crippen LogP contribution in [-0.4, -0.2) is 30.0 Å². The number of anilines is 2. The number of carbonyl (C=O) groups excluding carboxylic acids is 1. The lowest BCUT2D eigenvalue weighted by molar-refractivity contribution is -0.121. The molecule has 1 fully saturated rings. The van der Waals surface area contributed by atoms with Gasteiger partial charge in [0.25, 0.3) is 0 Å². The minimum absolute atomic E-state index is 0. The van der Waals surface area contributed by atoms with Crippen molar-refractivity contribution in [3.8, 4) is 0 Å². The normalized spacial score (nSPS) is 15.9. The second-order valence-corrected chi connectivity index (χ2v) is 8.09. The monoisotopic (exact) mass is 415 g/mol. The van der Waals surface area contributed by atoms with Crippen molar-refractivity contribution < 1.29 is 17.7 Å². The minimum Gasteiger partial charge on any atom is -0.384 e. The SMILES string of the molecule is Cc1noc(C)c1S(=O)(=O)NC1(C(=O)Nc2ccc(N)nc2)CCCC1.Cl. The van der Waals surface area contributed by atoms with Crippen LogP contribution in [0.4, 0.5) is 11.5 Å². The maximum Gasteiger partial charge on any atom is 0.246 e. The average molecular weight is 416 g/mol. The summed E-state index contributed by atoms with van der Waals surface area (Å²) in [6.45, 7) is 3.07. The molecular weight excluding hydrogens is 394 g/mol. The van der Waals surface area contributed by atoms with Crippen LogP contribution in [0.25, 0.3) is 0 Å². The predicted octanol–water partition coefficient (Wildman–Crippen LogP) is 1.92. The fraction of sp³-hybridized carbons (Fsp3) is 0.438. The summed E-state index contributed by atoms with van der Waals surface area (Å²) in [4.78, 5) is 16.8. The Morgan fingerprint density at radius 1 is 1.26 bits per heavy atom. The highest BCUT2D eigenvalue weighted by atomic mass is 35.5. The largest absolute Gasteiger partial charge is 0.384 e. The maximum atomic E-state index is 12.9. The van der Waals surface area contributed by atoms with E-state index in [0.717, 1.165) is 12.8 Å². The van der Waals surface area contributed by atoms with Gasteiger partial charge in [0.2, 0.25) is 15.9 Å². The first-order valence-corrected chi connectivity index (χ1v) is 9.72. The number of hydrogen-bond donors (Lipinski definition) is 3. The van der Waals surface area contributed by atoms with Crippen molar-refractivity contribution in [2.75, 3.05) is 11.1 Å². The van der Waals surface area contributed by atoms with Crippen molar-refractivity contribution in [2.24, 2.45) is 0 Å². The molecule has 0 aromatic carbocycles. The second-order valence-electron chi connectivity index (χ2n) is 6.47. The number of sulfonamides is 1. The molecule has 0 radical (unpaired) electrons. The molecule has 2 aromatic heterocycles. The summed E-state index contributed by atoms with van der Waals surface area (Å²) in [7, 11) is -3.97. The third-order valence-corrected chi connectivity index (χ3v) is 6.28.